The molecule has 0 unspecified atom stereocenters. The van der Waals surface area contributed by atoms with Crippen molar-refractivity contribution in [2.75, 3.05) is 6.61 Å². The Morgan fingerprint density at radius 3 is 2.74 bits per heavy atom. The van der Waals surface area contributed by atoms with Crippen LogP contribution in [-0.4, -0.2) is 38.7 Å². The average Bonchev–Trinajstić information content (AvgIpc) is 3.06. The first-order valence-corrected chi connectivity index (χ1v) is 8.14. The van der Waals surface area contributed by atoms with Crippen LogP contribution in [0.1, 0.15) is 36.2 Å². The Labute approximate surface area is 139 Å². The number of nitrogens with zero attached hydrogens (tertiary/aromatic N) is 3. The van der Waals surface area contributed by atoms with Gasteiger partial charge in [0.1, 0.15) is 0 Å². The number of para-hydroxylation sites is 1. The van der Waals surface area contributed by atoms with Crippen LogP contribution in [0, 0.1) is 5.92 Å². The molecule has 2 aromatic rings. The van der Waals surface area contributed by atoms with Gasteiger partial charge in [0.05, 0.1) is 16.9 Å². The number of amides is 1. The van der Waals surface area contributed by atoms with Crippen LogP contribution in [0.5, 0.6) is 0 Å². The molecule has 0 aliphatic heterocycles. The molecule has 0 bridgehead atoms. The van der Waals surface area contributed by atoms with Crippen LogP contribution in [0.25, 0.3) is 5.69 Å². The number of hydrogen-bond acceptors (Lipinski definition) is 4. The van der Waals surface area contributed by atoms with Gasteiger partial charge in [-0.2, -0.15) is 0 Å². The summed E-state index contributed by atoms with van der Waals surface area (Å²) in [7, 11) is 0. The molecule has 23 heavy (non-hydrogen) atoms. The van der Waals surface area contributed by atoms with Gasteiger partial charge in [-0.05, 0) is 43.7 Å². The van der Waals surface area contributed by atoms with E-state index in [9.17, 15) is 4.79 Å². The van der Waals surface area contributed by atoms with E-state index in [1.165, 1.54) is 4.68 Å². The summed E-state index contributed by atoms with van der Waals surface area (Å²) in [5, 5.41) is 20.6. The van der Waals surface area contributed by atoms with Crippen molar-refractivity contribution in [1.29, 1.82) is 0 Å². The van der Waals surface area contributed by atoms with Crippen molar-refractivity contribution < 1.29 is 9.90 Å². The zero-order valence-electron chi connectivity index (χ0n) is 12.7. The van der Waals surface area contributed by atoms with Gasteiger partial charge in [0.2, 0.25) is 0 Å². The van der Waals surface area contributed by atoms with Crippen LogP contribution in [0.4, 0.5) is 0 Å². The molecule has 7 heteroatoms. The van der Waals surface area contributed by atoms with E-state index in [1.54, 1.807) is 12.3 Å². The first kappa shape index (κ1) is 16.0. The lowest BCUT2D eigenvalue weighted by Gasteiger charge is -2.27. The van der Waals surface area contributed by atoms with E-state index in [2.05, 4.69) is 15.6 Å². The Kier molecular flexibility index (Phi) is 4.93. The van der Waals surface area contributed by atoms with Gasteiger partial charge in [0.25, 0.3) is 5.91 Å². The average molecular weight is 335 g/mol. The molecule has 1 aromatic carbocycles. The van der Waals surface area contributed by atoms with Crippen LogP contribution in [0.3, 0.4) is 0 Å². The molecule has 6 nitrogen and oxygen atoms in total. The molecular formula is C16H19ClN4O2. The standard InChI is InChI=1S/C16H19ClN4O2/c17-13-3-1-2-4-15(13)21-9-14(19-20-21)16(23)18-12-7-5-11(10-22)6-8-12/h1-4,9,11-12,22H,5-8,10H2,(H,18,23). The van der Waals surface area contributed by atoms with E-state index >= 15 is 0 Å². The third kappa shape index (κ3) is 3.71. The van der Waals surface area contributed by atoms with Crippen LogP contribution < -0.4 is 5.32 Å². The van der Waals surface area contributed by atoms with Crippen molar-refractivity contribution in [3.63, 3.8) is 0 Å². The van der Waals surface area contributed by atoms with Gasteiger partial charge in [0, 0.05) is 12.6 Å². The van der Waals surface area contributed by atoms with Crippen LogP contribution in [0.2, 0.25) is 5.02 Å². The SMILES string of the molecule is O=C(NC1CCC(CO)CC1)c1cn(-c2ccccc2Cl)nn1. The Hall–Kier alpha value is -1.92. The largest absolute Gasteiger partial charge is 0.396 e. The topological polar surface area (TPSA) is 80.0 Å². The molecule has 2 N–H and O–H groups in total. The minimum absolute atomic E-state index is 0.135. The molecule has 1 aliphatic carbocycles. The first-order valence-electron chi connectivity index (χ1n) is 7.76. The van der Waals surface area contributed by atoms with E-state index in [4.69, 9.17) is 16.7 Å². The lowest BCUT2D eigenvalue weighted by molar-refractivity contribution is 0.0909. The summed E-state index contributed by atoms with van der Waals surface area (Å²) in [4.78, 5) is 12.3. The van der Waals surface area contributed by atoms with Gasteiger partial charge >= 0.3 is 0 Å². The number of nitrogens with one attached hydrogen (secondary N) is 1. The van der Waals surface area contributed by atoms with Crippen molar-refractivity contribution in [2.24, 2.45) is 5.92 Å². The quantitative estimate of drug-likeness (QED) is 0.898. The fourth-order valence-corrected chi connectivity index (χ4v) is 3.09. The number of halogens is 1. The predicted octanol–water partition coefficient (Wildman–Crippen LogP) is 2.20. The second-order valence-corrected chi connectivity index (χ2v) is 6.28. The van der Waals surface area contributed by atoms with Gasteiger partial charge in [-0.15, -0.1) is 5.10 Å². The molecular weight excluding hydrogens is 316 g/mol. The Balaban J connectivity index is 1.64. The number of aliphatic hydroxyl groups is 1. The highest BCUT2D eigenvalue weighted by Crippen LogP contribution is 2.24. The molecule has 3 rings (SSSR count). The molecule has 0 spiro atoms. The summed E-state index contributed by atoms with van der Waals surface area (Å²) >= 11 is 6.12. The number of aromatic nitrogens is 3. The second kappa shape index (κ2) is 7.10. The smallest absolute Gasteiger partial charge is 0.273 e. The highest BCUT2D eigenvalue weighted by Gasteiger charge is 2.23. The number of hydrogen-bond donors (Lipinski definition) is 2. The number of carbonyl (C=O) groups excluding carboxylic acids is 1. The van der Waals surface area contributed by atoms with E-state index in [0.29, 0.717) is 16.6 Å². The maximum Gasteiger partial charge on any atom is 0.273 e. The lowest BCUT2D eigenvalue weighted by Crippen LogP contribution is -2.38. The van der Waals surface area contributed by atoms with Crippen molar-refractivity contribution in [3.05, 3.63) is 41.2 Å². The fourth-order valence-electron chi connectivity index (χ4n) is 2.87. The summed E-state index contributed by atoms with van der Waals surface area (Å²) < 4.78 is 1.50. The normalized spacial score (nSPS) is 21.1. The van der Waals surface area contributed by atoms with Gasteiger partial charge in [-0.1, -0.05) is 28.9 Å². The van der Waals surface area contributed by atoms with Crippen molar-refractivity contribution >= 4 is 17.5 Å². The summed E-state index contributed by atoms with van der Waals surface area (Å²) in [5.74, 6) is 0.139. The fraction of sp³-hybridized carbons (Fsp3) is 0.438. The summed E-state index contributed by atoms with van der Waals surface area (Å²) in [5.41, 5.74) is 0.957. The summed E-state index contributed by atoms with van der Waals surface area (Å²) in [6, 6.07) is 7.39. The monoisotopic (exact) mass is 334 g/mol. The van der Waals surface area contributed by atoms with E-state index in [0.717, 1.165) is 25.7 Å². The zero-order chi connectivity index (χ0) is 16.2. The predicted molar refractivity (Wildman–Crippen MR) is 86.7 cm³/mol. The maximum absolute atomic E-state index is 12.3. The minimum Gasteiger partial charge on any atom is -0.396 e. The molecule has 122 valence electrons. The van der Waals surface area contributed by atoms with E-state index < -0.39 is 0 Å². The van der Waals surface area contributed by atoms with E-state index in [1.807, 2.05) is 18.2 Å². The molecule has 0 radical (unpaired) electrons. The van der Waals surface area contributed by atoms with Crippen molar-refractivity contribution in [3.8, 4) is 5.69 Å². The molecule has 1 heterocycles. The molecule has 0 saturated heterocycles. The van der Waals surface area contributed by atoms with Crippen molar-refractivity contribution in [1.82, 2.24) is 20.3 Å². The summed E-state index contributed by atoms with van der Waals surface area (Å²) in [6.45, 7) is 0.229. The molecule has 1 amide bonds. The lowest BCUT2D eigenvalue weighted by atomic mass is 9.86. The Morgan fingerprint density at radius 2 is 2.04 bits per heavy atom. The number of rotatable bonds is 4. The Morgan fingerprint density at radius 1 is 1.30 bits per heavy atom. The third-order valence-corrected chi connectivity index (χ3v) is 4.59. The number of aliphatic hydroxyl groups excluding tert-OH is 1. The minimum atomic E-state index is -0.226. The van der Waals surface area contributed by atoms with Gasteiger partial charge < -0.3 is 10.4 Å². The molecule has 1 fully saturated rings. The van der Waals surface area contributed by atoms with Crippen LogP contribution in [-0.2, 0) is 0 Å². The molecule has 0 atom stereocenters. The highest BCUT2D eigenvalue weighted by molar-refractivity contribution is 6.32. The summed E-state index contributed by atoms with van der Waals surface area (Å²) in [6.07, 6.45) is 5.22. The number of benzene rings is 1. The first-order chi connectivity index (χ1) is 11.2. The van der Waals surface area contributed by atoms with Crippen LogP contribution in [0.15, 0.2) is 30.5 Å². The van der Waals surface area contributed by atoms with Gasteiger partial charge in [-0.3, -0.25) is 4.79 Å². The van der Waals surface area contributed by atoms with Crippen LogP contribution >= 0.6 is 11.6 Å². The molecule has 1 saturated carbocycles. The Bertz CT molecular complexity index is 680. The third-order valence-electron chi connectivity index (χ3n) is 4.27. The maximum atomic E-state index is 12.3. The van der Waals surface area contributed by atoms with E-state index in [-0.39, 0.29) is 24.2 Å². The second-order valence-electron chi connectivity index (χ2n) is 5.87. The molecule has 1 aliphatic rings. The zero-order valence-corrected chi connectivity index (χ0v) is 13.4. The van der Waals surface area contributed by atoms with Gasteiger partial charge in [-0.25, -0.2) is 4.68 Å². The number of carbonyl (C=O) groups is 1. The molecule has 1 aromatic heterocycles. The van der Waals surface area contributed by atoms with Gasteiger partial charge in [0.15, 0.2) is 5.69 Å². The van der Waals surface area contributed by atoms with Crippen molar-refractivity contribution in [2.45, 2.75) is 31.7 Å². The highest BCUT2D eigenvalue weighted by atomic mass is 35.5.